The molecule has 1 aromatic carbocycles. The van der Waals surface area contributed by atoms with E-state index in [1.54, 1.807) is 4.90 Å². The summed E-state index contributed by atoms with van der Waals surface area (Å²) in [5.41, 5.74) is 0.961. The number of hydrogen-bond donors (Lipinski definition) is 2. The van der Waals surface area contributed by atoms with Crippen LogP contribution in [-0.4, -0.2) is 60.3 Å². The van der Waals surface area contributed by atoms with Gasteiger partial charge in [0.15, 0.2) is 0 Å². The Labute approximate surface area is 192 Å². The van der Waals surface area contributed by atoms with Gasteiger partial charge in [-0.1, -0.05) is 0 Å². The Bertz CT molecular complexity index is 1180. The molecule has 4 rings (SSSR count). The number of anilines is 1. The third-order valence-electron chi connectivity index (χ3n) is 5.30. The number of alkyl halides is 2. The van der Waals surface area contributed by atoms with Crippen LogP contribution in [0.1, 0.15) is 35.0 Å². The number of nitrogens with one attached hydrogen (secondary N) is 2. The fourth-order valence-electron chi connectivity index (χ4n) is 3.62. The van der Waals surface area contributed by atoms with Gasteiger partial charge in [0.05, 0.1) is 18.9 Å². The fraction of sp³-hybridized carbons (Fsp3) is 0.348. The van der Waals surface area contributed by atoms with Gasteiger partial charge in [0.25, 0.3) is 11.8 Å². The van der Waals surface area contributed by atoms with Crippen molar-refractivity contribution in [3.8, 4) is 0 Å². The Morgan fingerprint density at radius 1 is 1.24 bits per heavy atom. The van der Waals surface area contributed by atoms with E-state index in [-0.39, 0.29) is 38.8 Å². The minimum absolute atomic E-state index is 0. The first-order valence-electron chi connectivity index (χ1n) is 10.5. The number of benzene rings is 1. The largest absolute Gasteiger partial charge is 0.464 e. The summed E-state index contributed by atoms with van der Waals surface area (Å²) in [5.74, 6) is -3.87. The van der Waals surface area contributed by atoms with Crippen molar-refractivity contribution in [2.75, 3.05) is 38.2 Å². The van der Waals surface area contributed by atoms with E-state index in [0.29, 0.717) is 43.7 Å². The molecule has 2 aromatic heterocycles. The van der Waals surface area contributed by atoms with Crippen LogP contribution >= 0.6 is 0 Å². The summed E-state index contributed by atoms with van der Waals surface area (Å²) in [5, 5.41) is 11.7. The molecule has 1 saturated heterocycles. The monoisotopic (exact) mass is 480 g/mol. The third-order valence-corrected chi connectivity index (χ3v) is 5.30. The first kappa shape index (κ1) is 25.2. The number of pyridine rings is 1. The van der Waals surface area contributed by atoms with E-state index in [4.69, 9.17) is 14.6 Å². The lowest BCUT2D eigenvalue weighted by Crippen LogP contribution is -2.34. The Balaban J connectivity index is 0.00000324. The lowest BCUT2D eigenvalue weighted by Gasteiger charge is -2.21. The molecule has 0 unspecified atom stereocenters. The zero-order valence-electron chi connectivity index (χ0n) is 18.4. The van der Waals surface area contributed by atoms with Crippen molar-refractivity contribution in [2.24, 2.45) is 0 Å². The Morgan fingerprint density at radius 3 is 2.79 bits per heavy atom. The first-order valence-corrected chi connectivity index (χ1v) is 10.5. The van der Waals surface area contributed by atoms with Crippen molar-refractivity contribution in [3.05, 3.63) is 59.4 Å². The van der Waals surface area contributed by atoms with Gasteiger partial charge >= 0.3 is 0 Å². The molecule has 0 bridgehead atoms. The molecule has 1 amide bonds. The van der Waals surface area contributed by atoms with E-state index in [2.05, 4.69) is 10.3 Å². The lowest BCUT2D eigenvalue weighted by atomic mass is 10.0. The Kier molecular flexibility index (Phi) is 7.55. The van der Waals surface area contributed by atoms with E-state index in [1.807, 2.05) is 0 Å². The van der Waals surface area contributed by atoms with Crippen LogP contribution in [0, 0.1) is 11.2 Å². The minimum Gasteiger partial charge on any atom is -0.464 e. The molecule has 7 nitrogen and oxygen atoms in total. The Morgan fingerprint density at radius 2 is 2.03 bits per heavy atom. The SMILES string of the molecule is CC(F)(F)CNc1cc(C(=O)N2CCCOCC2)ncc1C(=N)c1coc2ccc(F)cc12.F. The molecule has 0 aliphatic carbocycles. The van der Waals surface area contributed by atoms with Crippen LogP contribution < -0.4 is 5.32 Å². The molecular formula is C23H24F4N4O3. The van der Waals surface area contributed by atoms with Gasteiger partial charge in [0.2, 0.25) is 0 Å². The Hall–Kier alpha value is -3.47. The van der Waals surface area contributed by atoms with Crippen LogP contribution in [0.3, 0.4) is 0 Å². The first-order chi connectivity index (χ1) is 15.7. The van der Waals surface area contributed by atoms with Crippen molar-refractivity contribution in [1.82, 2.24) is 9.88 Å². The van der Waals surface area contributed by atoms with Crippen molar-refractivity contribution < 1.29 is 31.8 Å². The molecule has 1 aliphatic rings. The summed E-state index contributed by atoms with van der Waals surface area (Å²) in [4.78, 5) is 18.8. The predicted molar refractivity (Wildman–Crippen MR) is 119 cm³/mol. The molecular weight excluding hydrogens is 456 g/mol. The molecule has 0 radical (unpaired) electrons. The highest BCUT2D eigenvalue weighted by atomic mass is 19.3. The summed E-state index contributed by atoms with van der Waals surface area (Å²) in [6, 6.07) is 5.30. The van der Waals surface area contributed by atoms with Gasteiger partial charge in [-0.3, -0.25) is 19.9 Å². The van der Waals surface area contributed by atoms with Crippen molar-refractivity contribution in [2.45, 2.75) is 19.3 Å². The summed E-state index contributed by atoms with van der Waals surface area (Å²) in [6.07, 6.45) is 3.28. The van der Waals surface area contributed by atoms with Gasteiger partial charge in [0, 0.05) is 55.0 Å². The maximum Gasteiger partial charge on any atom is 0.272 e. The number of furan rings is 1. The number of carbonyl (C=O) groups excluding carboxylic acids is 1. The number of fused-ring (bicyclic) bond motifs is 1. The summed E-state index contributed by atoms with van der Waals surface area (Å²) in [7, 11) is 0. The van der Waals surface area contributed by atoms with Crippen LogP contribution in [0.25, 0.3) is 11.0 Å². The highest BCUT2D eigenvalue weighted by Gasteiger charge is 2.25. The molecule has 34 heavy (non-hydrogen) atoms. The molecule has 0 saturated carbocycles. The van der Waals surface area contributed by atoms with E-state index >= 15 is 0 Å². The lowest BCUT2D eigenvalue weighted by molar-refractivity contribution is 0.0367. The van der Waals surface area contributed by atoms with Gasteiger partial charge < -0.3 is 19.4 Å². The van der Waals surface area contributed by atoms with Crippen LogP contribution in [0.4, 0.5) is 23.6 Å². The second-order valence-corrected chi connectivity index (χ2v) is 7.96. The number of aromatic nitrogens is 1. The molecule has 0 spiro atoms. The summed E-state index contributed by atoms with van der Waals surface area (Å²) in [6.45, 7) is 1.93. The molecule has 1 fully saturated rings. The molecule has 1 aliphatic heterocycles. The number of ether oxygens (including phenoxy) is 1. The minimum atomic E-state index is -3.03. The van der Waals surface area contributed by atoms with Crippen molar-refractivity contribution in [3.63, 3.8) is 0 Å². The van der Waals surface area contributed by atoms with E-state index < -0.39 is 18.3 Å². The number of amides is 1. The maximum absolute atomic E-state index is 13.8. The predicted octanol–water partition coefficient (Wildman–Crippen LogP) is 4.47. The standard InChI is InChI=1S/C23H23F3N4O3.FH/c1-23(25,26)13-29-18-10-19(22(31)30-5-2-7-32-8-6-30)28-11-16(18)21(27)17-12-33-20-4-3-14(24)9-15(17)20;/h3-4,9-12,27H,2,5-8,13H2,1H3,(H,28,29);1H. The summed E-state index contributed by atoms with van der Waals surface area (Å²) >= 11 is 0. The zero-order chi connectivity index (χ0) is 23.6. The fourth-order valence-corrected chi connectivity index (χ4v) is 3.62. The number of rotatable bonds is 6. The normalized spacial score (nSPS) is 14.4. The molecule has 3 heterocycles. The van der Waals surface area contributed by atoms with Crippen LogP contribution in [0.2, 0.25) is 0 Å². The summed E-state index contributed by atoms with van der Waals surface area (Å²) < 4.78 is 51.7. The highest BCUT2D eigenvalue weighted by molar-refractivity contribution is 6.19. The average molecular weight is 480 g/mol. The quantitative estimate of drug-likeness (QED) is 0.402. The van der Waals surface area contributed by atoms with Gasteiger partial charge in [-0.2, -0.15) is 0 Å². The van der Waals surface area contributed by atoms with Gasteiger partial charge in [-0.25, -0.2) is 13.2 Å². The number of hydrogen-bond acceptors (Lipinski definition) is 6. The van der Waals surface area contributed by atoms with Crippen LogP contribution in [-0.2, 0) is 4.74 Å². The van der Waals surface area contributed by atoms with Crippen molar-refractivity contribution in [1.29, 1.82) is 5.41 Å². The molecule has 182 valence electrons. The number of carbonyl (C=O) groups is 1. The smallest absolute Gasteiger partial charge is 0.272 e. The zero-order valence-corrected chi connectivity index (χ0v) is 18.4. The number of halogens is 4. The van der Waals surface area contributed by atoms with Crippen LogP contribution in [0.5, 0.6) is 0 Å². The van der Waals surface area contributed by atoms with Gasteiger partial charge in [0.1, 0.15) is 23.4 Å². The van der Waals surface area contributed by atoms with Crippen LogP contribution in [0.15, 0.2) is 41.1 Å². The van der Waals surface area contributed by atoms with E-state index in [1.165, 1.54) is 36.7 Å². The molecule has 0 atom stereocenters. The average Bonchev–Trinajstić information content (AvgIpc) is 3.00. The highest BCUT2D eigenvalue weighted by Crippen LogP contribution is 2.28. The van der Waals surface area contributed by atoms with Gasteiger partial charge in [-0.15, -0.1) is 0 Å². The number of nitrogens with zero attached hydrogens (tertiary/aromatic N) is 2. The van der Waals surface area contributed by atoms with Gasteiger partial charge in [-0.05, 0) is 30.7 Å². The maximum atomic E-state index is 13.8. The molecule has 2 N–H and O–H groups in total. The van der Waals surface area contributed by atoms with E-state index in [9.17, 15) is 18.0 Å². The van der Waals surface area contributed by atoms with Crippen molar-refractivity contribution >= 4 is 28.3 Å². The third kappa shape index (κ3) is 5.53. The second-order valence-electron chi connectivity index (χ2n) is 7.96. The molecule has 3 aromatic rings. The molecule has 11 heteroatoms. The second kappa shape index (κ2) is 10.2. The topological polar surface area (TPSA) is 91.5 Å². The van der Waals surface area contributed by atoms with E-state index in [0.717, 1.165) is 6.92 Å².